The molecule has 6 heteroatoms. The molecule has 0 heterocycles. The maximum atomic E-state index is 11.5. The molecule has 0 saturated carbocycles. The van der Waals surface area contributed by atoms with Gasteiger partial charge in [-0.1, -0.05) is 6.07 Å². The maximum absolute atomic E-state index is 11.5. The first kappa shape index (κ1) is 20.5. The fraction of sp³-hybridized carbons (Fsp3) is 0.562. The Morgan fingerprint density at radius 2 is 1.86 bits per heavy atom. The zero-order valence-electron chi connectivity index (χ0n) is 13.4. The van der Waals surface area contributed by atoms with Gasteiger partial charge in [-0.05, 0) is 50.9 Å². The smallest absolute Gasteiger partial charge is 0.220 e. The predicted octanol–water partition coefficient (Wildman–Crippen LogP) is 2.30. The van der Waals surface area contributed by atoms with Gasteiger partial charge in [-0.2, -0.15) is 0 Å². The fourth-order valence-electron chi connectivity index (χ4n) is 1.95. The third-order valence-corrected chi connectivity index (χ3v) is 2.95. The summed E-state index contributed by atoms with van der Waals surface area (Å²) in [6, 6.07) is 5.89. The summed E-state index contributed by atoms with van der Waals surface area (Å²) in [5.41, 5.74) is 6.49. The molecule has 0 spiro atoms. The van der Waals surface area contributed by atoms with E-state index in [1.807, 2.05) is 32.0 Å². The Kier molecular flexibility index (Phi) is 11.3. The molecule has 0 saturated heterocycles. The van der Waals surface area contributed by atoms with Gasteiger partial charge in [0.2, 0.25) is 5.91 Å². The van der Waals surface area contributed by atoms with Gasteiger partial charge in [0.15, 0.2) is 11.5 Å². The summed E-state index contributed by atoms with van der Waals surface area (Å²) in [6.45, 7) is 6.25. The second-order valence-electron chi connectivity index (χ2n) is 4.64. The van der Waals surface area contributed by atoms with Gasteiger partial charge < -0.3 is 20.5 Å². The lowest BCUT2D eigenvalue weighted by molar-refractivity contribution is -0.121. The first-order chi connectivity index (χ1) is 10.2. The second kappa shape index (κ2) is 12.1. The molecule has 0 aliphatic rings. The number of hydrogen-bond donors (Lipinski definition) is 2. The average molecular weight is 331 g/mol. The standard InChI is InChI=1S/C16H26N2O3.ClH/c1-3-20-14-8-7-13(12-15(14)21-4-2)9-11-18-16(19)6-5-10-17;/h7-8,12H,3-6,9-11,17H2,1-2H3,(H,18,19);1H. The number of amides is 1. The van der Waals surface area contributed by atoms with E-state index in [9.17, 15) is 4.79 Å². The number of nitrogens with two attached hydrogens (primary N) is 1. The van der Waals surface area contributed by atoms with Gasteiger partial charge in [-0.3, -0.25) is 4.79 Å². The molecule has 3 N–H and O–H groups in total. The van der Waals surface area contributed by atoms with Crippen LogP contribution in [0.15, 0.2) is 18.2 Å². The molecule has 5 nitrogen and oxygen atoms in total. The monoisotopic (exact) mass is 330 g/mol. The zero-order valence-corrected chi connectivity index (χ0v) is 14.2. The van der Waals surface area contributed by atoms with E-state index < -0.39 is 0 Å². The molecule has 0 fully saturated rings. The van der Waals surface area contributed by atoms with Gasteiger partial charge in [0.25, 0.3) is 0 Å². The lowest BCUT2D eigenvalue weighted by Crippen LogP contribution is -2.26. The van der Waals surface area contributed by atoms with Crippen LogP contribution in [0.25, 0.3) is 0 Å². The van der Waals surface area contributed by atoms with E-state index in [1.165, 1.54) is 0 Å². The highest BCUT2D eigenvalue weighted by Crippen LogP contribution is 2.28. The van der Waals surface area contributed by atoms with Crippen LogP contribution < -0.4 is 20.5 Å². The lowest BCUT2D eigenvalue weighted by atomic mass is 10.1. The first-order valence-electron chi connectivity index (χ1n) is 7.56. The summed E-state index contributed by atoms with van der Waals surface area (Å²) in [6.07, 6.45) is 1.98. The van der Waals surface area contributed by atoms with Gasteiger partial charge in [-0.15, -0.1) is 12.4 Å². The molecule has 22 heavy (non-hydrogen) atoms. The fourth-order valence-corrected chi connectivity index (χ4v) is 1.95. The third kappa shape index (κ3) is 7.52. The van der Waals surface area contributed by atoms with Gasteiger partial charge in [0.1, 0.15) is 0 Å². The Labute approximate surface area is 139 Å². The van der Waals surface area contributed by atoms with Gasteiger partial charge in [-0.25, -0.2) is 0 Å². The van der Waals surface area contributed by atoms with E-state index in [-0.39, 0.29) is 18.3 Å². The van der Waals surface area contributed by atoms with Crippen LogP contribution in [0.2, 0.25) is 0 Å². The Morgan fingerprint density at radius 1 is 1.18 bits per heavy atom. The predicted molar refractivity (Wildman–Crippen MR) is 91.0 cm³/mol. The Balaban J connectivity index is 0.00000441. The molecule has 0 aliphatic heterocycles. The molecule has 0 bridgehead atoms. The number of nitrogens with one attached hydrogen (secondary N) is 1. The van der Waals surface area contributed by atoms with Crippen molar-refractivity contribution in [1.82, 2.24) is 5.32 Å². The average Bonchev–Trinajstić information content (AvgIpc) is 2.48. The van der Waals surface area contributed by atoms with Crippen LogP contribution in [-0.4, -0.2) is 32.2 Å². The first-order valence-corrected chi connectivity index (χ1v) is 7.56. The van der Waals surface area contributed by atoms with Crippen molar-refractivity contribution in [2.75, 3.05) is 26.3 Å². The number of hydrogen-bond acceptors (Lipinski definition) is 4. The highest BCUT2D eigenvalue weighted by Gasteiger charge is 2.06. The van der Waals surface area contributed by atoms with Crippen molar-refractivity contribution in [2.24, 2.45) is 5.73 Å². The van der Waals surface area contributed by atoms with Crippen LogP contribution in [0.5, 0.6) is 11.5 Å². The number of ether oxygens (including phenoxy) is 2. The summed E-state index contributed by atoms with van der Waals surface area (Å²) in [5, 5.41) is 2.89. The summed E-state index contributed by atoms with van der Waals surface area (Å²) in [7, 11) is 0. The molecule has 0 radical (unpaired) electrons. The van der Waals surface area contributed by atoms with Crippen LogP contribution in [0.4, 0.5) is 0 Å². The van der Waals surface area contributed by atoms with Crippen LogP contribution in [0.1, 0.15) is 32.3 Å². The topological polar surface area (TPSA) is 73.6 Å². The minimum absolute atomic E-state index is 0. The van der Waals surface area contributed by atoms with E-state index in [4.69, 9.17) is 15.2 Å². The molecule has 1 rings (SSSR count). The second-order valence-corrected chi connectivity index (χ2v) is 4.64. The summed E-state index contributed by atoms with van der Waals surface area (Å²) in [4.78, 5) is 11.5. The molecular weight excluding hydrogens is 304 g/mol. The van der Waals surface area contributed by atoms with E-state index >= 15 is 0 Å². The Hall–Kier alpha value is -1.46. The summed E-state index contributed by atoms with van der Waals surface area (Å²) >= 11 is 0. The molecule has 0 atom stereocenters. The van der Waals surface area contributed by atoms with Crippen LogP contribution in [-0.2, 0) is 11.2 Å². The van der Waals surface area contributed by atoms with Crippen LogP contribution >= 0.6 is 12.4 Å². The van der Waals surface area contributed by atoms with Crippen LogP contribution in [0, 0.1) is 0 Å². The molecule has 0 aromatic heterocycles. The number of carbonyl (C=O) groups excluding carboxylic acids is 1. The van der Waals surface area contributed by atoms with Crippen molar-refractivity contribution in [1.29, 1.82) is 0 Å². The highest BCUT2D eigenvalue weighted by atomic mass is 35.5. The van der Waals surface area contributed by atoms with Crippen molar-refractivity contribution in [3.63, 3.8) is 0 Å². The van der Waals surface area contributed by atoms with E-state index in [0.717, 1.165) is 29.9 Å². The molecule has 1 aromatic carbocycles. The van der Waals surface area contributed by atoms with Crippen molar-refractivity contribution in [3.05, 3.63) is 23.8 Å². The number of benzene rings is 1. The highest BCUT2D eigenvalue weighted by molar-refractivity contribution is 5.85. The summed E-state index contributed by atoms with van der Waals surface area (Å²) < 4.78 is 11.1. The Morgan fingerprint density at radius 3 is 2.50 bits per heavy atom. The number of halogens is 1. The molecular formula is C16H27ClN2O3. The van der Waals surface area contributed by atoms with Crippen molar-refractivity contribution in [2.45, 2.75) is 33.1 Å². The number of rotatable bonds is 10. The van der Waals surface area contributed by atoms with Gasteiger partial charge in [0.05, 0.1) is 13.2 Å². The molecule has 126 valence electrons. The minimum Gasteiger partial charge on any atom is -0.490 e. The van der Waals surface area contributed by atoms with Crippen molar-refractivity contribution < 1.29 is 14.3 Å². The van der Waals surface area contributed by atoms with Crippen molar-refractivity contribution >= 4 is 18.3 Å². The van der Waals surface area contributed by atoms with E-state index in [1.54, 1.807) is 0 Å². The van der Waals surface area contributed by atoms with Crippen LogP contribution in [0.3, 0.4) is 0 Å². The molecule has 0 unspecified atom stereocenters. The maximum Gasteiger partial charge on any atom is 0.220 e. The molecule has 0 aliphatic carbocycles. The SMILES string of the molecule is CCOc1ccc(CCNC(=O)CCCN)cc1OCC.Cl. The van der Waals surface area contributed by atoms with Gasteiger partial charge in [0, 0.05) is 13.0 Å². The van der Waals surface area contributed by atoms with Gasteiger partial charge >= 0.3 is 0 Å². The third-order valence-electron chi connectivity index (χ3n) is 2.95. The Bertz CT molecular complexity index is 441. The molecule has 1 amide bonds. The van der Waals surface area contributed by atoms with E-state index in [0.29, 0.717) is 32.7 Å². The lowest BCUT2D eigenvalue weighted by Gasteiger charge is -2.12. The normalized spacial score (nSPS) is 9.77. The summed E-state index contributed by atoms with van der Waals surface area (Å²) in [5.74, 6) is 1.57. The largest absolute Gasteiger partial charge is 0.490 e. The molecule has 1 aromatic rings. The number of carbonyl (C=O) groups is 1. The van der Waals surface area contributed by atoms with Crippen molar-refractivity contribution in [3.8, 4) is 11.5 Å². The quantitative estimate of drug-likeness (QED) is 0.690. The minimum atomic E-state index is 0. The zero-order chi connectivity index (χ0) is 15.5. The van der Waals surface area contributed by atoms with E-state index in [2.05, 4.69) is 5.32 Å².